The maximum absolute atomic E-state index is 5.12. The summed E-state index contributed by atoms with van der Waals surface area (Å²) >= 11 is 0. The van der Waals surface area contributed by atoms with E-state index in [1.165, 1.54) is 0 Å². The lowest BCUT2D eigenvalue weighted by Gasteiger charge is -2.13. The van der Waals surface area contributed by atoms with E-state index in [0.717, 1.165) is 27.8 Å². The van der Waals surface area contributed by atoms with E-state index in [9.17, 15) is 0 Å². The van der Waals surface area contributed by atoms with Gasteiger partial charge in [0, 0.05) is 25.0 Å². The van der Waals surface area contributed by atoms with Crippen molar-refractivity contribution in [2.24, 2.45) is 0 Å². The maximum Gasteiger partial charge on any atom is 0.139 e. The molecule has 0 aliphatic carbocycles. The van der Waals surface area contributed by atoms with Gasteiger partial charge in [-0.1, -0.05) is 6.07 Å². The summed E-state index contributed by atoms with van der Waals surface area (Å²) < 4.78 is 5.12. The first kappa shape index (κ1) is 10.8. The molecule has 4 nitrogen and oxygen atoms in total. The summed E-state index contributed by atoms with van der Waals surface area (Å²) in [6.07, 6.45) is 5.00. The van der Waals surface area contributed by atoms with Gasteiger partial charge in [-0.05, 0) is 23.8 Å². The largest absolute Gasteiger partial charge is 0.472 e. The number of anilines is 1. The van der Waals surface area contributed by atoms with E-state index in [1.807, 2.05) is 37.2 Å². The van der Waals surface area contributed by atoms with Gasteiger partial charge in [0.1, 0.15) is 12.1 Å². The van der Waals surface area contributed by atoms with Gasteiger partial charge in [-0.15, -0.1) is 0 Å². The van der Waals surface area contributed by atoms with Gasteiger partial charge in [0.2, 0.25) is 0 Å². The van der Waals surface area contributed by atoms with E-state index in [2.05, 4.69) is 16.0 Å². The Bertz CT molecular complexity index is 675. The topological polar surface area (TPSA) is 42.2 Å². The van der Waals surface area contributed by atoms with Crippen LogP contribution in [0.4, 0.5) is 5.82 Å². The van der Waals surface area contributed by atoms with Gasteiger partial charge in [0.15, 0.2) is 0 Å². The predicted molar refractivity (Wildman–Crippen MR) is 71.6 cm³/mol. The zero-order valence-corrected chi connectivity index (χ0v) is 10.3. The van der Waals surface area contributed by atoms with Crippen LogP contribution in [0, 0.1) is 0 Å². The molecule has 90 valence electrons. The second kappa shape index (κ2) is 4.14. The molecule has 0 radical (unpaired) electrons. The van der Waals surface area contributed by atoms with Crippen molar-refractivity contribution in [2.45, 2.75) is 0 Å². The molecule has 2 aromatic heterocycles. The molecule has 0 atom stereocenters. The lowest BCUT2D eigenvalue weighted by molar-refractivity contribution is 0.568. The van der Waals surface area contributed by atoms with E-state index in [0.29, 0.717) is 0 Å². The number of aromatic nitrogens is 2. The van der Waals surface area contributed by atoms with Crippen LogP contribution in [0.15, 0.2) is 47.5 Å². The van der Waals surface area contributed by atoms with E-state index in [4.69, 9.17) is 4.42 Å². The first-order chi connectivity index (χ1) is 8.75. The molecule has 3 aromatic rings. The Balaban J connectivity index is 2.24. The second-order valence-electron chi connectivity index (χ2n) is 4.34. The number of rotatable bonds is 2. The molecular weight excluding hydrogens is 226 g/mol. The van der Waals surface area contributed by atoms with Crippen LogP contribution in [0.2, 0.25) is 0 Å². The molecule has 0 unspecified atom stereocenters. The number of hydrogen-bond donors (Lipinski definition) is 0. The Labute approximate surface area is 105 Å². The average Bonchev–Trinajstić information content (AvgIpc) is 2.91. The van der Waals surface area contributed by atoms with Crippen molar-refractivity contribution in [1.82, 2.24) is 9.97 Å². The van der Waals surface area contributed by atoms with Gasteiger partial charge in [0.25, 0.3) is 0 Å². The Morgan fingerprint density at radius 1 is 1.06 bits per heavy atom. The molecule has 0 fully saturated rings. The molecule has 0 saturated heterocycles. The van der Waals surface area contributed by atoms with Crippen LogP contribution in [-0.4, -0.2) is 24.1 Å². The Morgan fingerprint density at radius 3 is 2.67 bits per heavy atom. The molecule has 2 heterocycles. The zero-order valence-electron chi connectivity index (χ0n) is 10.3. The van der Waals surface area contributed by atoms with Gasteiger partial charge in [0.05, 0.1) is 18.0 Å². The molecule has 0 spiro atoms. The summed E-state index contributed by atoms with van der Waals surface area (Å²) in [5.74, 6) is 0.922. The zero-order chi connectivity index (χ0) is 12.5. The van der Waals surface area contributed by atoms with E-state index < -0.39 is 0 Å². The minimum atomic E-state index is 0.922. The molecule has 3 rings (SSSR count). The fourth-order valence-electron chi connectivity index (χ4n) is 2.01. The minimum Gasteiger partial charge on any atom is -0.472 e. The highest BCUT2D eigenvalue weighted by Gasteiger charge is 2.07. The third kappa shape index (κ3) is 1.72. The number of hydrogen-bond acceptors (Lipinski definition) is 4. The summed E-state index contributed by atoms with van der Waals surface area (Å²) in [5, 5.41) is 1.04. The number of benzene rings is 1. The van der Waals surface area contributed by atoms with Crippen LogP contribution >= 0.6 is 0 Å². The molecule has 0 saturated carbocycles. The highest BCUT2D eigenvalue weighted by molar-refractivity contribution is 5.92. The highest BCUT2D eigenvalue weighted by Crippen LogP contribution is 2.27. The van der Waals surface area contributed by atoms with Crippen molar-refractivity contribution >= 4 is 16.7 Å². The summed E-state index contributed by atoms with van der Waals surface area (Å²) in [7, 11) is 3.96. The van der Waals surface area contributed by atoms with Gasteiger partial charge in [-0.25, -0.2) is 9.97 Å². The normalized spacial score (nSPS) is 10.8. The van der Waals surface area contributed by atoms with Crippen molar-refractivity contribution < 1.29 is 4.42 Å². The van der Waals surface area contributed by atoms with Crippen LogP contribution in [0.25, 0.3) is 22.0 Å². The van der Waals surface area contributed by atoms with E-state index in [1.54, 1.807) is 18.9 Å². The summed E-state index contributed by atoms with van der Waals surface area (Å²) in [6.45, 7) is 0. The van der Waals surface area contributed by atoms with E-state index >= 15 is 0 Å². The quantitative estimate of drug-likeness (QED) is 0.689. The van der Waals surface area contributed by atoms with Crippen molar-refractivity contribution in [3.63, 3.8) is 0 Å². The fraction of sp³-hybridized carbons (Fsp3) is 0.143. The van der Waals surface area contributed by atoms with Crippen LogP contribution < -0.4 is 4.90 Å². The van der Waals surface area contributed by atoms with Gasteiger partial charge in [-0.2, -0.15) is 0 Å². The standard InChI is InChI=1S/C14H13N3O/c1-17(2)14-12-7-10(11-5-6-18-8-11)3-4-13(12)15-9-16-14/h3-9H,1-2H3. The van der Waals surface area contributed by atoms with Crippen molar-refractivity contribution in [3.05, 3.63) is 43.1 Å². The molecule has 0 aliphatic heterocycles. The van der Waals surface area contributed by atoms with Gasteiger partial charge >= 0.3 is 0 Å². The highest BCUT2D eigenvalue weighted by atomic mass is 16.3. The summed E-state index contributed by atoms with van der Waals surface area (Å²) in [5.41, 5.74) is 3.11. The second-order valence-corrected chi connectivity index (χ2v) is 4.34. The van der Waals surface area contributed by atoms with Crippen molar-refractivity contribution in [1.29, 1.82) is 0 Å². The van der Waals surface area contributed by atoms with Gasteiger partial charge < -0.3 is 9.32 Å². The fourth-order valence-corrected chi connectivity index (χ4v) is 2.01. The lowest BCUT2D eigenvalue weighted by Crippen LogP contribution is -2.11. The molecule has 1 aromatic carbocycles. The molecular formula is C14H13N3O. The van der Waals surface area contributed by atoms with E-state index in [-0.39, 0.29) is 0 Å². The number of fused-ring (bicyclic) bond motifs is 1. The summed E-state index contributed by atoms with van der Waals surface area (Å²) in [6, 6.07) is 8.09. The smallest absolute Gasteiger partial charge is 0.139 e. The minimum absolute atomic E-state index is 0.922. The third-order valence-corrected chi connectivity index (χ3v) is 2.89. The van der Waals surface area contributed by atoms with Crippen LogP contribution in [-0.2, 0) is 0 Å². The molecule has 0 aliphatic rings. The van der Waals surface area contributed by atoms with Crippen LogP contribution in [0.5, 0.6) is 0 Å². The van der Waals surface area contributed by atoms with Crippen LogP contribution in [0.1, 0.15) is 0 Å². The monoisotopic (exact) mass is 239 g/mol. The lowest BCUT2D eigenvalue weighted by atomic mass is 10.1. The molecule has 18 heavy (non-hydrogen) atoms. The van der Waals surface area contributed by atoms with Crippen molar-refractivity contribution in [2.75, 3.05) is 19.0 Å². The first-order valence-corrected chi connectivity index (χ1v) is 5.70. The van der Waals surface area contributed by atoms with Crippen LogP contribution in [0.3, 0.4) is 0 Å². The number of nitrogens with zero attached hydrogens (tertiary/aromatic N) is 3. The Hall–Kier alpha value is -2.36. The average molecular weight is 239 g/mol. The number of furan rings is 1. The third-order valence-electron chi connectivity index (χ3n) is 2.89. The molecule has 0 bridgehead atoms. The van der Waals surface area contributed by atoms with Crippen molar-refractivity contribution in [3.8, 4) is 11.1 Å². The molecule has 0 amide bonds. The first-order valence-electron chi connectivity index (χ1n) is 5.70. The summed E-state index contributed by atoms with van der Waals surface area (Å²) in [4.78, 5) is 10.6. The maximum atomic E-state index is 5.12. The SMILES string of the molecule is CN(C)c1ncnc2ccc(-c3ccoc3)cc12. The molecule has 4 heteroatoms. The Kier molecular flexibility index (Phi) is 2.48. The Morgan fingerprint density at radius 2 is 1.94 bits per heavy atom. The molecule has 0 N–H and O–H groups in total. The predicted octanol–water partition coefficient (Wildman–Crippen LogP) is 2.96. The van der Waals surface area contributed by atoms with Gasteiger partial charge in [-0.3, -0.25) is 0 Å².